The van der Waals surface area contributed by atoms with Gasteiger partial charge in [-0.2, -0.15) is 11.8 Å². The average molecular weight is 330 g/mol. The monoisotopic (exact) mass is 329 g/mol. The molecule has 0 radical (unpaired) electrons. The minimum absolute atomic E-state index is 0.461. The van der Waals surface area contributed by atoms with E-state index in [0.29, 0.717) is 11.3 Å². The zero-order valence-corrected chi connectivity index (χ0v) is 15.0. The van der Waals surface area contributed by atoms with Crippen molar-refractivity contribution >= 4 is 11.8 Å². The van der Waals surface area contributed by atoms with Crippen molar-refractivity contribution in [3.63, 3.8) is 0 Å². The average Bonchev–Trinajstić information content (AvgIpc) is 3.04. The number of likely N-dealkylation sites (tertiary alicyclic amines) is 1. The molecular weight excluding hydrogens is 302 g/mol. The van der Waals surface area contributed by atoms with Crippen molar-refractivity contribution in [3.05, 3.63) is 53.6 Å². The van der Waals surface area contributed by atoms with Crippen LogP contribution in [0, 0.1) is 0 Å². The highest BCUT2D eigenvalue weighted by molar-refractivity contribution is 7.99. The first-order valence-electron chi connectivity index (χ1n) is 8.61. The summed E-state index contributed by atoms with van der Waals surface area (Å²) in [5.74, 6) is 1.16. The molecule has 2 heterocycles. The van der Waals surface area contributed by atoms with Gasteiger partial charge in [-0.3, -0.25) is 4.90 Å². The molecule has 1 saturated heterocycles. The van der Waals surface area contributed by atoms with Gasteiger partial charge in [-0.05, 0) is 31.2 Å². The van der Waals surface area contributed by atoms with E-state index in [1.165, 1.54) is 37.1 Å². The van der Waals surface area contributed by atoms with Crippen molar-refractivity contribution in [2.24, 2.45) is 0 Å². The van der Waals surface area contributed by atoms with Crippen molar-refractivity contribution in [3.8, 4) is 0 Å². The third-order valence-corrected chi connectivity index (χ3v) is 5.66. The Morgan fingerprint density at radius 2 is 2.13 bits per heavy atom. The van der Waals surface area contributed by atoms with Gasteiger partial charge in [0.2, 0.25) is 0 Å². The Balaban J connectivity index is 1.70. The molecule has 23 heavy (non-hydrogen) atoms. The highest BCUT2D eigenvalue weighted by Gasteiger charge is 2.27. The van der Waals surface area contributed by atoms with Crippen LogP contribution in [0.5, 0.6) is 0 Å². The van der Waals surface area contributed by atoms with Gasteiger partial charge < -0.3 is 4.98 Å². The third kappa shape index (κ3) is 4.39. The predicted molar refractivity (Wildman–Crippen MR) is 99.0 cm³/mol. The van der Waals surface area contributed by atoms with Gasteiger partial charge in [-0.1, -0.05) is 43.7 Å². The van der Waals surface area contributed by atoms with Gasteiger partial charge in [-0.15, -0.1) is 0 Å². The Morgan fingerprint density at radius 1 is 1.30 bits per heavy atom. The number of benzene rings is 1. The van der Waals surface area contributed by atoms with Gasteiger partial charge in [-0.25, -0.2) is 4.98 Å². The highest BCUT2D eigenvalue weighted by Crippen LogP contribution is 2.30. The fraction of sp³-hybridized carbons (Fsp3) is 0.526. The normalized spacial score (nSPS) is 20.5. The number of nitrogens with one attached hydrogen (secondary N) is 1. The molecule has 2 unspecified atom stereocenters. The molecule has 0 aliphatic carbocycles. The minimum Gasteiger partial charge on any atom is -0.344 e. The molecule has 1 fully saturated rings. The fourth-order valence-corrected chi connectivity index (χ4v) is 3.72. The molecule has 4 heteroatoms. The Morgan fingerprint density at radius 3 is 2.91 bits per heavy atom. The van der Waals surface area contributed by atoms with Gasteiger partial charge >= 0.3 is 0 Å². The van der Waals surface area contributed by atoms with Crippen LogP contribution in [0.4, 0.5) is 0 Å². The number of aromatic nitrogens is 2. The molecule has 2 atom stereocenters. The van der Waals surface area contributed by atoms with E-state index in [2.05, 4.69) is 53.4 Å². The first kappa shape index (κ1) is 16.6. The van der Waals surface area contributed by atoms with E-state index in [0.717, 1.165) is 18.8 Å². The number of rotatable bonds is 6. The van der Waals surface area contributed by atoms with Gasteiger partial charge in [0, 0.05) is 30.1 Å². The van der Waals surface area contributed by atoms with Crippen LogP contribution in [-0.4, -0.2) is 39.5 Å². The second kappa shape index (κ2) is 8.02. The summed E-state index contributed by atoms with van der Waals surface area (Å²) >= 11 is 1.95. The Kier molecular flexibility index (Phi) is 5.79. The Hall–Kier alpha value is -1.26. The maximum absolute atomic E-state index is 4.72. The van der Waals surface area contributed by atoms with Gasteiger partial charge in [0.1, 0.15) is 5.82 Å². The van der Waals surface area contributed by atoms with E-state index in [4.69, 9.17) is 4.98 Å². The zero-order chi connectivity index (χ0) is 16.1. The summed E-state index contributed by atoms with van der Waals surface area (Å²) in [5, 5.41) is 0.675. The highest BCUT2D eigenvalue weighted by atomic mass is 32.2. The third-order valence-electron chi connectivity index (χ3n) is 4.71. The first-order valence-corrected chi connectivity index (χ1v) is 9.89. The second-order valence-electron chi connectivity index (χ2n) is 6.51. The molecule has 0 saturated carbocycles. The van der Waals surface area contributed by atoms with Gasteiger partial charge in [0.25, 0.3) is 0 Å². The quantitative estimate of drug-likeness (QED) is 0.858. The minimum atomic E-state index is 0.461. The zero-order valence-electron chi connectivity index (χ0n) is 14.2. The maximum Gasteiger partial charge on any atom is 0.123 e. The molecule has 0 amide bonds. The molecule has 3 rings (SSSR count). The van der Waals surface area contributed by atoms with Crippen molar-refractivity contribution in [1.29, 1.82) is 0 Å². The predicted octanol–water partition coefficient (Wildman–Crippen LogP) is 4.28. The number of imidazole rings is 1. The van der Waals surface area contributed by atoms with Crippen LogP contribution < -0.4 is 0 Å². The van der Waals surface area contributed by atoms with E-state index < -0.39 is 0 Å². The van der Waals surface area contributed by atoms with Crippen LogP contribution in [0.2, 0.25) is 0 Å². The summed E-state index contributed by atoms with van der Waals surface area (Å²) in [6.07, 6.45) is 9.00. The molecule has 1 N–H and O–H groups in total. The standard InChI is InChI=1S/C19H27N3S/c1-15(23-2)14-22-11-7-6-10-18(22)19-20-13-17(21-19)12-16-8-4-3-5-9-16/h3-5,8-9,13,15,18H,6-7,10-12,14H2,1-2H3,(H,20,21). The van der Waals surface area contributed by atoms with Gasteiger partial charge in [0.15, 0.2) is 0 Å². The van der Waals surface area contributed by atoms with Crippen LogP contribution in [0.1, 0.15) is 49.3 Å². The molecule has 1 aromatic carbocycles. The summed E-state index contributed by atoms with van der Waals surface area (Å²) in [6.45, 7) is 4.67. The van der Waals surface area contributed by atoms with Crippen LogP contribution in [0.3, 0.4) is 0 Å². The van der Waals surface area contributed by atoms with Crippen LogP contribution >= 0.6 is 11.8 Å². The lowest BCUT2D eigenvalue weighted by Gasteiger charge is -2.35. The summed E-state index contributed by atoms with van der Waals surface area (Å²) in [6, 6.07) is 11.1. The summed E-state index contributed by atoms with van der Waals surface area (Å²) in [5.41, 5.74) is 2.55. The summed E-state index contributed by atoms with van der Waals surface area (Å²) < 4.78 is 0. The first-order chi connectivity index (χ1) is 11.3. The molecule has 124 valence electrons. The van der Waals surface area contributed by atoms with E-state index in [-0.39, 0.29) is 0 Å². The van der Waals surface area contributed by atoms with E-state index in [9.17, 15) is 0 Å². The number of hydrogen-bond acceptors (Lipinski definition) is 3. The number of hydrogen-bond donors (Lipinski definition) is 1. The lowest BCUT2D eigenvalue weighted by atomic mass is 10.0. The Bertz CT molecular complexity index is 596. The second-order valence-corrected chi connectivity index (χ2v) is 7.79. The van der Waals surface area contributed by atoms with Crippen molar-refractivity contribution < 1.29 is 0 Å². The number of H-pyrrole nitrogens is 1. The molecule has 2 aromatic rings. The van der Waals surface area contributed by atoms with E-state index in [1.807, 2.05) is 18.0 Å². The molecule has 3 nitrogen and oxygen atoms in total. The maximum atomic E-state index is 4.72. The topological polar surface area (TPSA) is 31.9 Å². The van der Waals surface area contributed by atoms with Crippen molar-refractivity contribution in [1.82, 2.24) is 14.9 Å². The molecule has 0 spiro atoms. The molecular formula is C19H27N3S. The van der Waals surface area contributed by atoms with Crippen molar-refractivity contribution in [2.75, 3.05) is 19.3 Å². The van der Waals surface area contributed by atoms with Crippen LogP contribution in [0.15, 0.2) is 36.5 Å². The molecule has 0 bridgehead atoms. The van der Waals surface area contributed by atoms with Gasteiger partial charge in [0.05, 0.1) is 6.04 Å². The molecule has 1 aliphatic heterocycles. The number of piperidine rings is 1. The summed E-state index contributed by atoms with van der Waals surface area (Å²) in [7, 11) is 0. The van der Waals surface area contributed by atoms with E-state index in [1.54, 1.807) is 0 Å². The fourth-order valence-electron chi connectivity index (χ4n) is 3.38. The Labute approximate surface area is 143 Å². The smallest absolute Gasteiger partial charge is 0.123 e. The van der Waals surface area contributed by atoms with E-state index >= 15 is 0 Å². The lowest BCUT2D eigenvalue weighted by molar-refractivity contribution is 0.145. The van der Waals surface area contributed by atoms with Crippen LogP contribution in [-0.2, 0) is 6.42 Å². The van der Waals surface area contributed by atoms with Crippen LogP contribution in [0.25, 0.3) is 0 Å². The summed E-state index contributed by atoms with van der Waals surface area (Å²) in [4.78, 5) is 10.9. The molecule has 1 aliphatic rings. The lowest BCUT2D eigenvalue weighted by Crippen LogP contribution is -2.37. The largest absolute Gasteiger partial charge is 0.344 e. The number of thioether (sulfide) groups is 1. The number of nitrogens with zero attached hydrogens (tertiary/aromatic N) is 2. The number of aromatic amines is 1. The molecule has 1 aromatic heterocycles. The van der Waals surface area contributed by atoms with Crippen molar-refractivity contribution in [2.45, 2.75) is 43.9 Å². The SMILES string of the molecule is CSC(C)CN1CCCCC1c1ncc(Cc2ccccc2)[nH]1.